The Hall–Kier alpha value is -2.16. The maximum absolute atomic E-state index is 13.0. The lowest BCUT2D eigenvalue weighted by Crippen LogP contribution is -1.97. The molecule has 0 saturated carbocycles. The molecule has 0 aliphatic rings. The van der Waals surface area contributed by atoms with Crippen molar-refractivity contribution in [2.45, 2.75) is 19.4 Å². The van der Waals surface area contributed by atoms with Crippen molar-refractivity contribution in [3.8, 4) is 5.75 Å². The minimum atomic E-state index is -0.267. The fraction of sp³-hybridized carbons (Fsp3) is 0.188. The molecule has 98 valence electrons. The fourth-order valence-corrected chi connectivity index (χ4v) is 1.74. The van der Waals surface area contributed by atoms with Gasteiger partial charge in [-0.25, -0.2) is 4.39 Å². The Morgan fingerprint density at radius 1 is 1.21 bits per heavy atom. The maximum Gasteiger partial charge on any atom is 0.127 e. The van der Waals surface area contributed by atoms with Crippen molar-refractivity contribution in [1.29, 1.82) is 0 Å². The zero-order valence-corrected chi connectivity index (χ0v) is 10.7. The average Bonchev–Trinajstić information content (AvgIpc) is 2.45. The van der Waals surface area contributed by atoms with Crippen LogP contribution in [0.3, 0.4) is 0 Å². The van der Waals surface area contributed by atoms with Gasteiger partial charge in [-0.2, -0.15) is 0 Å². The number of ether oxygens (including phenoxy) is 1. The van der Waals surface area contributed by atoms with Crippen LogP contribution in [0.15, 0.2) is 48.5 Å². The standard InChI is InChI=1S/C16H15FO2/c1-12(10-18)14-5-7-16(8-6-14)19-11-13-3-2-4-15(17)9-13/h2-10,12H,11H2,1H3. The molecule has 1 atom stereocenters. The second-order valence-electron chi connectivity index (χ2n) is 4.41. The molecule has 19 heavy (non-hydrogen) atoms. The molecule has 0 aliphatic carbocycles. The zero-order valence-electron chi connectivity index (χ0n) is 10.7. The molecule has 0 radical (unpaired) electrons. The van der Waals surface area contributed by atoms with Crippen molar-refractivity contribution in [3.63, 3.8) is 0 Å². The lowest BCUT2D eigenvalue weighted by atomic mass is 10.0. The molecule has 0 saturated heterocycles. The third-order valence-corrected chi connectivity index (χ3v) is 2.90. The molecule has 0 spiro atoms. The summed E-state index contributed by atoms with van der Waals surface area (Å²) in [5, 5.41) is 0. The van der Waals surface area contributed by atoms with Crippen molar-refractivity contribution in [2.75, 3.05) is 0 Å². The Morgan fingerprint density at radius 3 is 2.58 bits per heavy atom. The monoisotopic (exact) mass is 258 g/mol. The molecule has 0 amide bonds. The molecule has 0 heterocycles. The number of carbonyl (C=O) groups is 1. The van der Waals surface area contributed by atoms with Gasteiger partial charge in [0.1, 0.15) is 24.5 Å². The van der Waals surface area contributed by atoms with Crippen LogP contribution in [0.25, 0.3) is 0 Å². The highest BCUT2D eigenvalue weighted by molar-refractivity contribution is 5.61. The number of rotatable bonds is 5. The molecule has 2 nitrogen and oxygen atoms in total. The molecular weight excluding hydrogens is 243 g/mol. The van der Waals surface area contributed by atoms with Gasteiger partial charge in [-0.1, -0.05) is 31.2 Å². The van der Waals surface area contributed by atoms with Gasteiger partial charge in [-0.3, -0.25) is 0 Å². The number of halogens is 1. The van der Waals surface area contributed by atoms with Crippen LogP contribution in [0.1, 0.15) is 24.0 Å². The quantitative estimate of drug-likeness (QED) is 0.764. The van der Waals surface area contributed by atoms with E-state index >= 15 is 0 Å². The Kier molecular flexibility index (Phi) is 4.29. The van der Waals surface area contributed by atoms with Crippen LogP contribution in [0, 0.1) is 5.82 Å². The first-order valence-corrected chi connectivity index (χ1v) is 6.11. The van der Waals surface area contributed by atoms with E-state index in [9.17, 15) is 9.18 Å². The molecule has 1 unspecified atom stereocenters. The van der Waals surface area contributed by atoms with Gasteiger partial charge in [0.05, 0.1) is 0 Å². The second kappa shape index (κ2) is 6.14. The molecule has 2 aromatic rings. The summed E-state index contributed by atoms with van der Waals surface area (Å²) < 4.78 is 18.5. The first-order valence-electron chi connectivity index (χ1n) is 6.11. The number of aldehydes is 1. The normalized spacial score (nSPS) is 11.9. The smallest absolute Gasteiger partial charge is 0.127 e. The third-order valence-electron chi connectivity index (χ3n) is 2.90. The summed E-state index contributed by atoms with van der Waals surface area (Å²) >= 11 is 0. The van der Waals surface area contributed by atoms with Crippen molar-refractivity contribution < 1.29 is 13.9 Å². The minimum Gasteiger partial charge on any atom is -0.489 e. The van der Waals surface area contributed by atoms with E-state index in [2.05, 4.69) is 0 Å². The lowest BCUT2D eigenvalue weighted by Gasteiger charge is -2.08. The molecule has 0 N–H and O–H groups in total. The van der Waals surface area contributed by atoms with Gasteiger partial charge < -0.3 is 9.53 Å². The number of benzene rings is 2. The van der Waals surface area contributed by atoms with Crippen molar-refractivity contribution >= 4 is 6.29 Å². The second-order valence-corrected chi connectivity index (χ2v) is 4.41. The molecule has 3 heteroatoms. The maximum atomic E-state index is 13.0. The molecular formula is C16H15FO2. The summed E-state index contributed by atoms with van der Waals surface area (Å²) in [4.78, 5) is 10.7. The fourth-order valence-electron chi connectivity index (χ4n) is 1.74. The molecule has 0 fully saturated rings. The van der Waals surface area contributed by atoms with Crippen LogP contribution < -0.4 is 4.74 Å². The number of hydrogen-bond donors (Lipinski definition) is 0. The highest BCUT2D eigenvalue weighted by atomic mass is 19.1. The Morgan fingerprint density at radius 2 is 1.95 bits per heavy atom. The Bertz CT molecular complexity index is 549. The highest BCUT2D eigenvalue weighted by Gasteiger charge is 2.03. The van der Waals surface area contributed by atoms with E-state index in [0.717, 1.165) is 17.4 Å². The van der Waals surface area contributed by atoms with Crippen molar-refractivity contribution in [3.05, 3.63) is 65.5 Å². The largest absolute Gasteiger partial charge is 0.489 e. The molecule has 2 aromatic carbocycles. The summed E-state index contributed by atoms with van der Waals surface area (Å²) in [6.07, 6.45) is 0.905. The zero-order chi connectivity index (χ0) is 13.7. The first-order chi connectivity index (χ1) is 9.19. The van der Waals surface area contributed by atoms with E-state index in [4.69, 9.17) is 4.74 Å². The van der Waals surface area contributed by atoms with Crippen molar-refractivity contribution in [2.24, 2.45) is 0 Å². The van der Waals surface area contributed by atoms with Gasteiger partial charge in [-0.05, 0) is 35.4 Å². The summed E-state index contributed by atoms with van der Waals surface area (Å²) in [5.41, 5.74) is 1.73. The predicted octanol–water partition coefficient (Wildman–Crippen LogP) is 3.71. The summed E-state index contributed by atoms with van der Waals surface area (Å²) in [6, 6.07) is 13.7. The van der Waals surface area contributed by atoms with Gasteiger partial charge in [0.25, 0.3) is 0 Å². The lowest BCUT2D eigenvalue weighted by molar-refractivity contribution is -0.108. The van der Waals surface area contributed by atoms with Gasteiger partial charge in [-0.15, -0.1) is 0 Å². The number of carbonyl (C=O) groups excluding carboxylic acids is 1. The van der Waals surface area contributed by atoms with Crippen LogP contribution in [0.5, 0.6) is 5.75 Å². The summed E-state index contributed by atoms with van der Waals surface area (Å²) in [6.45, 7) is 2.16. The first kappa shape index (κ1) is 13.3. The van der Waals surface area contributed by atoms with Crippen LogP contribution in [0.4, 0.5) is 4.39 Å². The third kappa shape index (κ3) is 3.65. The van der Waals surface area contributed by atoms with Gasteiger partial charge >= 0.3 is 0 Å². The number of hydrogen-bond acceptors (Lipinski definition) is 2. The Labute approximate surface area is 111 Å². The summed E-state index contributed by atoms with van der Waals surface area (Å²) in [7, 11) is 0. The average molecular weight is 258 g/mol. The SMILES string of the molecule is CC(C=O)c1ccc(OCc2cccc(F)c2)cc1. The van der Waals surface area contributed by atoms with E-state index < -0.39 is 0 Å². The predicted molar refractivity (Wildman–Crippen MR) is 71.7 cm³/mol. The molecule has 2 rings (SSSR count). The Balaban J connectivity index is 1.98. The van der Waals surface area contributed by atoms with E-state index in [0.29, 0.717) is 12.4 Å². The van der Waals surface area contributed by atoms with E-state index in [1.807, 2.05) is 37.3 Å². The van der Waals surface area contributed by atoms with E-state index in [-0.39, 0.29) is 11.7 Å². The summed E-state index contributed by atoms with van der Waals surface area (Å²) in [5.74, 6) is 0.319. The highest BCUT2D eigenvalue weighted by Crippen LogP contribution is 2.18. The van der Waals surface area contributed by atoms with Crippen LogP contribution in [-0.4, -0.2) is 6.29 Å². The van der Waals surface area contributed by atoms with Gasteiger partial charge in [0, 0.05) is 5.92 Å². The molecule has 0 aromatic heterocycles. The molecule has 0 aliphatic heterocycles. The molecule has 0 bridgehead atoms. The van der Waals surface area contributed by atoms with E-state index in [1.165, 1.54) is 12.1 Å². The van der Waals surface area contributed by atoms with Gasteiger partial charge in [0.2, 0.25) is 0 Å². The van der Waals surface area contributed by atoms with Gasteiger partial charge in [0.15, 0.2) is 0 Å². The van der Waals surface area contributed by atoms with Crippen molar-refractivity contribution in [1.82, 2.24) is 0 Å². The minimum absolute atomic E-state index is 0.114. The van der Waals surface area contributed by atoms with Crippen LogP contribution >= 0.6 is 0 Å². The van der Waals surface area contributed by atoms with Crippen LogP contribution in [-0.2, 0) is 11.4 Å². The topological polar surface area (TPSA) is 26.3 Å². The van der Waals surface area contributed by atoms with Crippen LogP contribution in [0.2, 0.25) is 0 Å². The van der Waals surface area contributed by atoms with E-state index in [1.54, 1.807) is 6.07 Å².